The lowest BCUT2D eigenvalue weighted by molar-refractivity contribution is -0.120. The molecule has 2 aromatic rings. The summed E-state index contributed by atoms with van der Waals surface area (Å²) < 4.78 is 11.2. The van der Waals surface area contributed by atoms with Gasteiger partial charge in [0.2, 0.25) is 11.7 Å². The standard InChI is InChI=1S/C24H32N6O3/c1-18(2)17-30(24-19(3)16-26-22(15-25)27-24)28-23(31)14-20-4-6-21(7-5-20)33-13-10-29-8-11-32-12-9-29/h4-7,16,18H,8-14,17H2,1-3H3,(H,28,31). The molecule has 0 aliphatic carbocycles. The zero-order valence-electron chi connectivity index (χ0n) is 19.6. The van der Waals surface area contributed by atoms with Gasteiger partial charge in [0, 0.05) is 37.9 Å². The first-order valence-electron chi connectivity index (χ1n) is 11.3. The van der Waals surface area contributed by atoms with E-state index in [1.165, 1.54) is 0 Å². The summed E-state index contributed by atoms with van der Waals surface area (Å²) in [6.07, 6.45) is 1.82. The highest BCUT2D eigenvalue weighted by Crippen LogP contribution is 2.17. The van der Waals surface area contributed by atoms with Crippen molar-refractivity contribution in [2.45, 2.75) is 27.2 Å². The maximum Gasteiger partial charge on any atom is 0.242 e. The smallest absolute Gasteiger partial charge is 0.242 e. The van der Waals surface area contributed by atoms with Crippen molar-refractivity contribution in [1.82, 2.24) is 20.3 Å². The minimum atomic E-state index is -0.159. The fourth-order valence-electron chi connectivity index (χ4n) is 3.51. The minimum Gasteiger partial charge on any atom is -0.492 e. The number of carbonyl (C=O) groups is 1. The molecule has 1 fully saturated rings. The molecule has 9 heteroatoms. The van der Waals surface area contributed by atoms with Crippen molar-refractivity contribution in [2.24, 2.45) is 5.92 Å². The van der Waals surface area contributed by atoms with Gasteiger partial charge in [-0.15, -0.1) is 0 Å². The third kappa shape index (κ3) is 7.70. The molecule has 0 unspecified atom stereocenters. The number of aryl methyl sites for hydroxylation is 1. The third-order valence-electron chi connectivity index (χ3n) is 5.18. The second kappa shape index (κ2) is 12.1. The largest absolute Gasteiger partial charge is 0.492 e. The second-order valence-electron chi connectivity index (χ2n) is 8.47. The van der Waals surface area contributed by atoms with Crippen molar-refractivity contribution < 1.29 is 14.3 Å². The van der Waals surface area contributed by atoms with E-state index in [1.54, 1.807) is 11.2 Å². The maximum absolute atomic E-state index is 12.8. The molecule has 1 aliphatic heterocycles. The molecule has 0 atom stereocenters. The van der Waals surface area contributed by atoms with Gasteiger partial charge >= 0.3 is 0 Å². The van der Waals surface area contributed by atoms with Gasteiger partial charge in [-0.1, -0.05) is 26.0 Å². The molecule has 0 saturated carbocycles. The highest BCUT2D eigenvalue weighted by Gasteiger charge is 2.17. The van der Waals surface area contributed by atoms with Crippen LogP contribution in [0.4, 0.5) is 5.82 Å². The monoisotopic (exact) mass is 452 g/mol. The van der Waals surface area contributed by atoms with Crippen LogP contribution in [0.25, 0.3) is 0 Å². The SMILES string of the molecule is Cc1cnc(C#N)nc1N(CC(C)C)NC(=O)Cc1ccc(OCCN2CCOCC2)cc1. The Kier molecular flexibility index (Phi) is 8.98. The highest BCUT2D eigenvalue weighted by atomic mass is 16.5. The minimum absolute atomic E-state index is 0.0720. The van der Waals surface area contributed by atoms with Crippen LogP contribution < -0.4 is 15.2 Å². The first-order valence-corrected chi connectivity index (χ1v) is 11.3. The Bertz CT molecular complexity index is 952. The fourth-order valence-corrected chi connectivity index (χ4v) is 3.51. The maximum atomic E-state index is 12.8. The molecule has 0 radical (unpaired) electrons. The molecule has 2 heterocycles. The molecule has 1 amide bonds. The van der Waals surface area contributed by atoms with E-state index in [0.717, 1.165) is 49.7 Å². The molecule has 176 valence electrons. The fraction of sp³-hybridized carbons (Fsp3) is 0.500. The number of carbonyl (C=O) groups excluding carboxylic acids is 1. The van der Waals surface area contributed by atoms with Gasteiger partial charge in [0.05, 0.1) is 19.6 Å². The normalized spacial score (nSPS) is 14.0. The van der Waals surface area contributed by atoms with Gasteiger partial charge in [0.15, 0.2) is 5.82 Å². The average Bonchev–Trinajstić information content (AvgIpc) is 2.80. The molecule has 1 aromatic carbocycles. The number of nitriles is 1. The van der Waals surface area contributed by atoms with E-state index in [-0.39, 0.29) is 24.1 Å². The van der Waals surface area contributed by atoms with Crippen molar-refractivity contribution >= 4 is 11.7 Å². The number of hydrogen-bond donors (Lipinski definition) is 1. The molecule has 1 N–H and O–H groups in total. The Balaban J connectivity index is 1.55. The van der Waals surface area contributed by atoms with Crippen molar-refractivity contribution in [2.75, 3.05) is 51.0 Å². The molecular weight excluding hydrogens is 420 g/mol. The Labute approximate surface area is 195 Å². The van der Waals surface area contributed by atoms with Crippen LogP contribution in [0.1, 0.15) is 30.8 Å². The number of hydrogen-bond acceptors (Lipinski definition) is 8. The number of amides is 1. The van der Waals surface area contributed by atoms with E-state index in [4.69, 9.17) is 14.7 Å². The van der Waals surface area contributed by atoms with Crippen LogP contribution in [0.2, 0.25) is 0 Å². The molecule has 1 aromatic heterocycles. The summed E-state index contributed by atoms with van der Waals surface area (Å²) in [4.78, 5) is 23.4. The van der Waals surface area contributed by atoms with E-state index in [9.17, 15) is 4.79 Å². The molecular formula is C24H32N6O3. The summed E-state index contributed by atoms with van der Waals surface area (Å²) in [6, 6.07) is 9.54. The first kappa shape index (κ1) is 24.4. The molecule has 3 rings (SSSR count). The Morgan fingerprint density at radius 2 is 2.03 bits per heavy atom. The Hall–Kier alpha value is -3.22. The van der Waals surface area contributed by atoms with Crippen LogP contribution in [-0.4, -0.2) is 66.8 Å². The summed E-state index contributed by atoms with van der Waals surface area (Å²) in [5, 5.41) is 10.8. The summed E-state index contributed by atoms with van der Waals surface area (Å²) in [5.74, 6) is 1.51. The number of aromatic nitrogens is 2. The summed E-state index contributed by atoms with van der Waals surface area (Å²) in [5.41, 5.74) is 4.61. The number of benzene rings is 1. The number of hydrazine groups is 1. The lowest BCUT2D eigenvalue weighted by atomic mass is 10.1. The number of morpholine rings is 1. The predicted molar refractivity (Wildman–Crippen MR) is 125 cm³/mol. The number of ether oxygens (including phenoxy) is 2. The van der Waals surface area contributed by atoms with Gasteiger partial charge in [-0.3, -0.25) is 20.1 Å². The van der Waals surface area contributed by atoms with E-state index in [2.05, 4.69) is 34.1 Å². The quantitative estimate of drug-likeness (QED) is 0.547. The third-order valence-corrected chi connectivity index (χ3v) is 5.18. The van der Waals surface area contributed by atoms with Gasteiger partial charge < -0.3 is 9.47 Å². The average molecular weight is 453 g/mol. The zero-order chi connectivity index (χ0) is 23.6. The van der Waals surface area contributed by atoms with Gasteiger partial charge in [-0.05, 0) is 30.5 Å². The molecule has 1 saturated heterocycles. The predicted octanol–water partition coefficient (Wildman–Crippen LogP) is 2.10. The van der Waals surface area contributed by atoms with Crippen LogP contribution in [-0.2, 0) is 16.0 Å². The van der Waals surface area contributed by atoms with Crippen molar-refractivity contribution in [1.29, 1.82) is 5.26 Å². The van der Waals surface area contributed by atoms with E-state index in [0.29, 0.717) is 19.0 Å². The molecule has 0 spiro atoms. The molecule has 9 nitrogen and oxygen atoms in total. The lowest BCUT2D eigenvalue weighted by Gasteiger charge is -2.27. The Morgan fingerprint density at radius 3 is 2.70 bits per heavy atom. The van der Waals surface area contributed by atoms with Crippen LogP contribution in [0.15, 0.2) is 30.5 Å². The second-order valence-corrected chi connectivity index (χ2v) is 8.47. The molecule has 33 heavy (non-hydrogen) atoms. The van der Waals surface area contributed by atoms with Gasteiger partial charge in [0.1, 0.15) is 18.4 Å². The number of nitrogens with zero attached hydrogens (tertiary/aromatic N) is 5. The molecule has 0 bridgehead atoms. The number of rotatable bonds is 10. The number of anilines is 1. The topological polar surface area (TPSA) is 104 Å². The van der Waals surface area contributed by atoms with Crippen molar-refractivity contribution in [3.8, 4) is 11.8 Å². The van der Waals surface area contributed by atoms with E-state index in [1.807, 2.05) is 37.3 Å². The molecule has 1 aliphatic rings. The van der Waals surface area contributed by atoms with E-state index < -0.39 is 0 Å². The summed E-state index contributed by atoms with van der Waals surface area (Å²) in [6.45, 7) is 11.5. The summed E-state index contributed by atoms with van der Waals surface area (Å²) in [7, 11) is 0. The van der Waals surface area contributed by atoms with Gasteiger partial charge in [-0.2, -0.15) is 10.2 Å². The number of nitrogens with one attached hydrogen (secondary N) is 1. The summed E-state index contributed by atoms with van der Waals surface area (Å²) >= 11 is 0. The van der Waals surface area contributed by atoms with Crippen LogP contribution in [0, 0.1) is 24.2 Å². The van der Waals surface area contributed by atoms with Crippen molar-refractivity contribution in [3.63, 3.8) is 0 Å². The first-order chi connectivity index (χ1) is 15.9. The zero-order valence-corrected chi connectivity index (χ0v) is 19.6. The van der Waals surface area contributed by atoms with Gasteiger partial charge in [0.25, 0.3) is 0 Å². The Morgan fingerprint density at radius 1 is 1.30 bits per heavy atom. The van der Waals surface area contributed by atoms with Crippen LogP contribution in [0.3, 0.4) is 0 Å². The van der Waals surface area contributed by atoms with Gasteiger partial charge in [-0.25, -0.2) is 4.98 Å². The van der Waals surface area contributed by atoms with Crippen LogP contribution in [0.5, 0.6) is 5.75 Å². The lowest BCUT2D eigenvalue weighted by Crippen LogP contribution is -2.46. The highest BCUT2D eigenvalue weighted by molar-refractivity contribution is 5.80. The van der Waals surface area contributed by atoms with Crippen molar-refractivity contribution in [3.05, 3.63) is 47.4 Å². The van der Waals surface area contributed by atoms with E-state index >= 15 is 0 Å². The van der Waals surface area contributed by atoms with Crippen LogP contribution >= 0.6 is 0 Å².